The van der Waals surface area contributed by atoms with Crippen LogP contribution in [0.1, 0.15) is 35.8 Å². The number of sulfonamides is 1. The van der Waals surface area contributed by atoms with Gasteiger partial charge in [0.2, 0.25) is 10.0 Å². The van der Waals surface area contributed by atoms with Crippen LogP contribution in [-0.4, -0.2) is 66.8 Å². The Morgan fingerprint density at radius 2 is 1.94 bits per heavy atom. The summed E-state index contributed by atoms with van der Waals surface area (Å²) in [6.45, 7) is 5.17. The number of pyridine rings is 1. The van der Waals surface area contributed by atoms with Crippen LogP contribution < -0.4 is 10.1 Å². The predicted octanol–water partition coefficient (Wildman–Crippen LogP) is 2.67. The van der Waals surface area contributed by atoms with E-state index >= 15 is 0 Å². The van der Waals surface area contributed by atoms with Gasteiger partial charge in [0.25, 0.3) is 5.91 Å². The number of nitrogens with one attached hydrogen (secondary N) is 1. The molecule has 0 spiro atoms. The van der Waals surface area contributed by atoms with Crippen LogP contribution in [0.25, 0.3) is 5.82 Å². The van der Waals surface area contributed by atoms with Crippen LogP contribution in [0.4, 0.5) is 5.69 Å². The Morgan fingerprint density at radius 1 is 1.18 bits per heavy atom. The largest absolute Gasteiger partial charge is 0.495 e. The Kier molecular flexibility index (Phi) is 6.96. The molecule has 1 saturated heterocycles. The lowest BCUT2D eigenvalue weighted by molar-refractivity contribution is 0.0730. The molecule has 1 aromatic carbocycles. The summed E-state index contributed by atoms with van der Waals surface area (Å²) in [5.41, 5.74) is 1.30. The lowest BCUT2D eigenvalue weighted by Gasteiger charge is -2.26. The zero-order valence-corrected chi connectivity index (χ0v) is 20.1. The van der Waals surface area contributed by atoms with Gasteiger partial charge in [0.1, 0.15) is 5.75 Å². The second-order valence-corrected chi connectivity index (χ2v) is 9.97. The van der Waals surface area contributed by atoms with Gasteiger partial charge in [0.15, 0.2) is 5.82 Å². The Balaban J connectivity index is 1.67. The fraction of sp³-hybridized carbons (Fsp3) is 0.348. The van der Waals surface area contributed by atoms with Crippen LogP contribution in [0.15, 0.2) is 53.7 Å². The van der Waals surface area contributed by atoms with E-state index in [4.69, 9.17) is 9.47 Å². The summed E-state index contributed by atoms with van der Waals surface area (Å²) in [7, 11) is -2.28. The van der Waals surface area contributed by atoms with Gasteiger partial charge in [-0.2, -0.15) is 9.40 Å². The van der Waals surface area contributed by atoms with Crippen LogP contribution in [0, 0.1) is 0 Å². The van der Waals surface area contributed by atoms with Crippen LogP contribution in [-0.2, 0) is 14.8 Å². The first-order valence-electron chi connectivity index (χ1n) is 10.9. The van der Waals surface area contributed by atoms with Crippen molar-refractivity contribution in [3.63, 3.8) is 0 Å². The molecule has 1 aliphatic rings. The number of nitrogens with zero attached hydrogens (tertiary/aromatic N) is 4. The highest BCUT2D eigenvalue weighted by molar-refractivity contribution is 7.89. The molecule has 0 atom stereocenters. The number of hydrogen-bond acceptors (Lipinski definition) is 7. The highest BCUT2D eigenvalue weighted by atomic mass is 32.2. The second kappa shape index (κ2) is 9.92. The minimum Gasteiger partial charge on any atom is -0.495 e. The zero-order valence-electron chi connectivity index (χ0n) is 19.3. The van der Waals surface area contributed by atoms with Crippen LogP contribution in [0.5, 0.6) is 5.75 Å². The van der Waals surface area contributed by atoms with Crippen molar-refractivity contribution in [2.24, 2.45) is 0 Å². The summed E-state index contributed by atoms with van der Waals surface area (Å²) < 4.78 is 39.8. The van der Waals surface area contributed by atoms with E-state index in [-0.39, 0.29) is 29.6 Å². The Labute approximate surface area is 198 Å². The highest BCUT2D eigenvalue weighted by Crippen LogP contribution is 2.31. The van der Waals surface area contributed by atoms with Gasteiger partial charge in [0, 0.05) is 19.3 Å². The van der Waals surface area contributed by atoms with E-state index < -0.39 is 15.9 Å². The maximum atomic E-state index is 13.3. The van der Waals surface area contributed by atoms with Gasteiger partial charge < -0.3 is 14.8 Å². The number of ether oxygens (including phenoxy) is 2. The Morgan fingerprint density at radius 3 is 2.59 bits per heavy atom. The van der Waals surface area contributed by atoms with Crippen LogP contribution in [0.3, 0.4) is 0 Å². The van der Waals surface area contributed by atoms with Gasteiger partial charge in [-0.25, -0.2) is 18.1 Å². The number of amides is 1. The maximum absolute atomic E-state index is 13.3. The smallest absolute Gasteiger partial charge is 0.259 e. The lowest BCUT2D eigenvalue weighted by Crippen LogP contribution is -2.40. The monoisotopic (exact) mass is 485 g/mol. The first kappa shape index (κ1) is 23.9. The molecule has 2 aromatic heterocycles. The molecule has 0 bridgehead atoms. The molecule has 1 amide bonds. The van der Waals surface area contributed by atoms with Crippen molar-refractivity contribution >= 4 is 21.6 Å². The molecular formula is C23H27N5O5S. The van der Waals surface area contributed by atoms with Crippen molar-refractivity contribution < 1.29 is 22.7 Å². The van der Waals surface area contributed by atoms with E-state index in [0.717, 1.165) is 0 Å². The van der Waals surface area contributed by atoms with E-state index in [1.165, 1.54) is 35.8 Å². The zero-order chi connectivity index (χ0) is 24.3. The molecule has 34 heavy (non-hydrogen) atoms. The van der Waals surface area contributed by atoms with Gasteiger partial charge in [-0.1, -0.05) is 19.9 Å². The molecule has 11 heteroatoms. The molecule has 1 fully saturated rings. The number of benzene rings is 1. The molecule has 0 radical (unpaired) electrons. The molecule has 0 unspecified atom stereocenters. The maximum Gasteiger partial charge on any atom is 0.259 e. The molecule has 1 aliphatic heterocycles. The van der Waals surface area contributed by atoms with Gasteiger partial charge in [0.05, 0.1) is 48.4 Å². The molecule has 1 N–H and O–H groups in total. The number of aromatic nitrogens is 3. The molecule has 3 heterocycles. The number of carbonyl (C=O) groups is 1. The van der Waals surface area contributed by atoms with E-state index in [0.29, 0.717) is 36.0 Å². The molecule has 3 aromatic rings. The first-order chi connectivity index (χ1) is 16.3. The van der Waals surface area contributed by atoms with E-state index in [9.17, 15) is 13.2 Å². The number of morpholine rings is 1. The molecule has 10 nitrogen and oxygen atoms in total. The van der Waals surface area contributed by atoms with Gasteiger partial charge in [-0.15, -0.1) is 0 Å². The summed E-state index contributed by atoms with van der Waals surface area (Å²) in [5.74, 6) is 0.490. The van der Waals surface area contributed by atoms with E-state index in [2.05, 4.69) is 15.4 Å². The quantitative estimate of drug-likeness (QED) is 0.547. The molecule has 4 rings (SSSR count). The average Bonchev–Trinajstić information content (AvgIpc) is 3.31. The Hall–Kier alpha value is -3.28. The predicted molar refractivity (Wildman–Crippen MR) is 126 cm³/mol. The summed E-state index contributed by atoms with van der Waals surface area (Å²) in [5, 5.41) is 7.19. The minimum absolute atomic E-state index is 0.0276. The van der Waals surface area contributed by atoms with Crippen molar-refractivity contribution in [3.8, 4) is 11.6 Å². The third kappa shape index (κ3) is 4.67. The van der Waals surface area contributed by atoms with Crippen molar-refractivity contribution in [1.29, 1.82) is 0 Å². The second-order valence-electron chi connectivity index (χ2n) is 8.03. The van der Waals surface area contributed by atoms with Crippen molar-refractivity contribution in [1.82, 2.24) is 19.1 Å². The molecule has 180 valence electrons. The highest BCUT2D eigenvalue weighted by Gasteiger charge is 2.28. The minimum atomic E-state index is -3.74. The third-order valence-electron chi connectivity index (χ3n) is 5.49. The average molecular weight is 486 g/mol. The number of rotatable bonds is 7. The van der Waals surface area contributed by atoms with E-state index in [1.54, 1.807) is 16.9 Å². The third-order valence-corrected chi connectivity index (χ3v) is 7.39. The standard InChI is InChI=1S/C23H27N5O5S/c1-16(2)22-18(15-25-28(22)21-6-4-5-9-24-21)23(29)26-19-14-17(7-8-20(19)32-3)34(30,31)27-10-12-33-13-11-27/h4-9,14-16H,10-13H2,1-3H3,(H,26,29). The number of carbonyl (C=O) groups excluding carboxylic acids is 1. The fourth-order valence-electron chi connectivity index (χ4n) is 3.82. The summed E-state index contributed by atoms with van der Waals surface area (Å²) in [6.07, 6.45) is 3.15. The van der Waals surface area contributed by atoms with Crippen molar-refractivity contribution in [2.45, 2.75) is 24.7 Å². The first-order valence-corrected chi connectivity index (χ1v) is 12.3. The number of anilines is 1. The van der Waals surface area contributed by atoms with Crippen LogP contribution >= 0.6 is 0 Å². The summed E-state index contributed by atoms with van der Waals surface area (Å²) in [4.78, 5) is 17.7. The van der Waals surface area contributed by atoms with Crippen molar-refractivity contribution in [3.05, 3.63) is 60.0 Å². The Bertz CT molecular complexity index is 1270. The lowest BCUT2D eigenvalue weighted by atomic mass is 10.1. The van der Waals surface area contributed by atoms with E-state index in [1.807, 2.05) is 26.0 Å². The number of hydrogen-bond donors (Lipinski definition) is 1. The topological polar surface area (TPSA) is 116 Å². The van der Waals surface area contributed by atoms with Gasteiger partial charge in [-0.05, 0) is 36.2 Å². The fourth-order valence-corrected chi connectivity index (χ4v) is 5.26. The number of methoxy groups -OCH3 is 1. The molecule has 0 saturated carbocycles. The van der Waals surface area contributed by atoms with Crippen LogP contribution in [0.2, 0.25) is 0 Å². The summed E-state index contributed by atoms with van der Waals surface area (Å²) >= 11 is 0. The van der Waals surface area contributed by atoms with Gasteiger partial charge >= 0.3 is 0 Å². The molecular weight excluding hydrogens is 458 g/mol. The SMILES string of the molecule is COc1ccc(S(=O)(=O)N2CCOCC2)cc1NC(=O)c1cnn(-c2ccccn2)c1C(C)C. The molecule has 0 aliphatic carbocycles. The normalized spacial score (nSPS) is 14.8. The summed E-state index contributed by atoms with van der Waals surface area (Å²) in [6, 6.07) is 9.88. The van der Waals surface area contributed by atoms with Crippen molar-refractivity contribution in [2.75, 3.05) is 38.7 Å². The van der Waals surface area contributed by atoms with Gasteiger partial charge in [-0.3, -0.25) is 4.79 Å².